The molecule has 0 amide bonds. The maximum absolute atomic E-state index is 12.8. The third-order valence-electron chi connectivity index (χ3n) is 12.4. The molecule has 4 aliphatic carbocycles. The normalized spacial score (nSPS) is 49.4. The van der Waals surface area contributed by atoms with Crippen LogP contribution in [0, 0.1) is 45.3 Å². The summed E-state index contributed by atoms with van der Waals surface area (Å²) in [5.41, 5.74) is 2.17. The Morgan fingerprint density at radius 2 is 1.73 bits per heavy atom. The zero-order valence-electron chi connectivity index (χ0n) is 22.5. The van der Waals surface area contributed by atoms with Gasteiger partial charge in [-0.1, -0.05) is 53.2 Å². The van der Waals surface area contributed by atoms with Gasteiger partial charge in [0.2, 0.25) is 0 Å². The molecule has 33 heavy (non-hydrogen) atoms. The van der Waals surface area contributed by atoms with Crippen LogP contribution >= 0.6 is 0 Å². The van der Waals surface area contributed by atoms with Gasteiger partial charge in [0.25, 0.3) is 0 Å². The molecule has 0 unspecified atom stereocenters. The zero-order valence-corrected chi connectivity index (χ0v) is 22.5. The van der Waals surface area contributed by atoms with E-state index in [4.69, 9.17) is 4.74 Å². The highest BCUT2D eigenvalue weighted by Gasteiger charge is 2.65. The molecule has 0 aromatic rings. The predicted octanol–water partition coefficient (Wildman–Crippen LogP) is 6.73. The Balaban J connectivity index is 1.41. The molecule has 0 aromatic heterocycles. The van der Waals surface area contributed by atoms with Crippen molar-refractivity contribution in [1.82, 2.24) is 0 Å². The molecule has 9 atom stereocenters. The van der Waals surface area contributed by atoms with Crippen molar-refractivity contribution in [2.24, 2.45) is 45.3 Å². The molecule has 1 N–H and O–H groups in total. The summed E-state index contributed by atoms with van der Waals surface area (Å²) in [5.74, 6) is 2.73. The van der Waals surface area contributed by atoms with E-state index in [0.717, 1.165) is 25.7 Å². The molecule has 1 saturated heterocycles. The molecule has 4 fully saturated rings. The topological polar surface area (TPSA) is 49.8 Å². The van der Waals surface area contributed by atoms with Crippen LogP contribution in [0.5, 0.6) is 0 Å². The quantitative estimate of drug-likeness (QED) is 0.377. The Morgan fingerprint density at radius 1 is 1.06 bits per heavy atom. The summed E-state index contributed by atoms with van der Waals surface area (Å²) in [4.78, 5) is 12.8. The first-order valence-corrected chi connectivity index (χ1v) is 13.8. The van der Waals surface area contributed by atoms with E-state index < -0.39 is 0 Å². The van der Waals surface area contributed by atoms with Crippen LogP contribution < -0.4 is 0 Å². The lowest BCUT2D eigenvalue weighted by atomic mass is 9.41. The van der Waals surface area contributed by atoms with Crippen molar-refractivity contribution in [2.75, 3.05) is 0 Å². The zero-order chi connectivity index (χ0) is 24.2. The number of aliphatic hydroxyl groups excluding tert-OH is 1. The van der Waals surface area contributed by atoms with Gasteiger partial charge in [-0.2, -0.15) is 0 Å². The highest BCUT2D eigenvalue weighted by atomic mass is 16.6. The van der Waals surface area contributed by atoms with Gasteiger partial charge < -0.3 is 9.84 Å². The Kier molecular flexibility index (Phi) is 5.24. The minimum absolute atomic E-state index is 0.00609. The third-order valence-corrected chi connectivity index (χ3v) is 12.4. The minimum atomic E-state index is -0.350. The molecular weight excluding hydrogens is 408 g/mol. The Labute approximate surface area is 202 Å². The van der Waals surface area contributed by atoms with Crippen LogP contribution in [0.1, 0.15) is 107 Å². The molecule has 186 valence electrons. The highest BCUT2D eigenvalue weighted by Crippen LogP contribution is 2.73. The van der Waals surface area contributed by atoms with Gasteiger partial charge in [0, 0.05) is 11.8 Å². The van der Waals surface area contributed by atoms with Gasteiger partial charge in [-0.15, -0.1) is 0 Å². The Morgan fingerprint density at radius 3 is 2.36 bits per heavy atom. The molecule has 1 aliphatic heterocycles. The number of aliphatic hydroxyl groups is 1. The van der Waals surface area contributed by atoms with Crippen LogP contribution in [0.4, 0.5) is 0 Å². The average Bonchev–Trinajstić information content (AvgIpc) is 3.26. The summed E-state index contributed by atoms with van der Waals surface area (Å²) >= 11 is 0. The number of epoxide rings is 1. The fourth-order valence-corrected chi connectivity index (χ4v) is 9.97. The van der Waals surface area contributed by atoms with Crippen molar-refractivity contribution in [3.05, 3.63) is 11.6 Å². The van der Waals surface area contributed by atoms with Gasteiger partial charge in [0.15, 0.2) is 0 Å². The summed E-state index contributed by atoms with van der Waals surface area (Å²) < 4.78 is 5.75. The van der Waals surface area contributed by atoms with E-state index in [-0.39, 0.29) is 39.5 Å². The van der Waals surface area contributed by atoms with Crippen molar-refractivity contribution in [1.29, 1.82) is 0 Å². The predicted molar refractivity (Wildman–Crippen MR) is 133 cm³/mol. The number of carbonyl (C=O) groups is 1. The van der Waals surface area contributed by atoms with Crippen molar-refractivity contribution in [2.45, 2.75) is 125 Å². The van der Waals surface area contributed by atoms with Gasteiger partial charge in [-0.05, 0) is 98.7 Å². The summed E-state index contributed by atoms with van der Waals surface area (Å²) in [7, 11) is 0. The van der Waals surface area contributed by atoms with E-state index >= 15 is 0 Å². The lowest BCUT2D eigenvalue weighted by Gasteiger charge is -2.63. The fraction of sp³-hybridized carbons (Fsp3) is 0.900. The average molecular weight is 457 g/mol. The maximum atomic E-state index is 12.8. The van der Waals surface area contributed by atoms with E-state index in [1.165, 1.54) is 25.7 Å². The molecule has 5 aliphatic rings. The van der Waals surface area contributed by atoms with Gasteiger partial charge in [-0.3, -0.25) is 4.79 Å². The second-order valence-corrected chi connectivity index (χ2v) is 14.5. The largest absolute Gasteiger partial charge is 0.390 e. The number of allylic oxidation sites excluding steroid dienone is 2. The standard InChI is InChI=1S/C30H48O3/c1-18(17-22(31)25-27(4,5)33-25)19-11-15-30(8)21-9-10-23-26(2,3)24(32)13-14-28(23,6)20(21)12-16-29(19,30)7/h9,18-20,22-23,25,31H,10-17H2,1-8H3/t18-,19-,20-,22+,23+,25-,28+,29-,30+/m0/s1. The molecule has 0 bridgehead atoms. The summed E-state index contributed by atoms with van der Waals surface area (Å²) in [6.45, 7) is 18.7. The number of Topliss-reactive ketones (excluding diaryl/α,β-unsaturated/α-hetero) is 1. The van der Waals surface area contributed by atoms with E-state index in [2.05, 4.69) is 61.5 Å². The van der Waals surface area contributed by atoms with Crippen molar-refractivity contribution in [3.8, 4) is 0 Å². The van der Waals surface area contributed by atoms with Gasteiger partial charge in [0.1, 0.15) is 11.9 Å². The monoisotopic (exact) mass is 456 g/mol. The van der Waals surface area contributed by atoms with Crippen LogP contribution in [0.2, 0.25) is 0 Å². The van der Waals surface area contributed by atoms with E-state index in [1.54, 1.807) is 5.57 Å². The lowest BCUT2D eigenvalue weighted by Crippen LogP contribution is -2.57. The second-order valence-electron chi connectivity index (χ2n) is 14.5. The first kappa shape index (κ1) is 24.0. The van der Waals surface area contributed by atoms with Crippen LogP contribution in [-0.4, -0.2) is 28.7 Å². The van der Waals surface area contributed by atoms with E-state index in [1.807, 2.05) is 0 Å². The number of ether oxygens (including phenoxy) is 1. The van der Waals surface area contributed by atoms with Crippen molar-refractivity contribution < 1.29 is 14.6 Å². The van der Waals surface area contributed by atoms with Crippen LogP contribution in [0.3, 0.4) is 0 Å². The third kappa shape index (κ3) is 3.16. The second kappa shape index (κ2) is 7.19. The van der Waals surface area contributed by atoms with Crippen molar-refractivity contribution >= 4 is 5.78 Å². The summed E-state index contributed by atoms with van der Waals surface area (Å²) in [6, 6.07) is 0. The number of ketones is 1. The number of carbonyl (C=O) groups excluding carboxylic acids is 1. The molecule has 0 aromatic carbocycles. The molecule has 0 spiro atoms. The van der Waals surface area contributed by atoms with Crippen LogP contribution in [0.15, 0.2) is 11.6 Å². The maximum Gasteiger partial charge on any atom is 0.138 e. The van der Waals surface area contributed by atoms with Gasteiger partial charge in [0.05, 0.1) is 11.7 Å². The summed E-state index contributed by atoms with van der Waals surface area (Å²) in [5, 5.41) is 10.9. The van der Waals surface area contributed by atoms with E-state index in [0.29, 0.717) is 29.5 Å². The first-order valence-electron chi connectivity index (χ1n) is 13.8. The van der Waals surface area contributed by atoms with Crippen LogP contribution in [0.25, 0.3) is 0 Å². The molecule has 3 heteroatoms. The molecule has 3 saturated carbocycles. The lowest BCUT2D eigenvalue weighted by molar-refractivity contribution is -0.146. The number of hydrogen-bond acceptors (Lipinski definition) is 3. The SMILES string of the molecule is C[C@@H](C[C@@H](O)[C@@H]1OC1(C)C)[C@@H]1CC[C@]2(C)C3=CC[C@@H]4C(C)(C)C(=O)CC[C@]4(C)[C@H]3CC[C@@]12C. The van der Waals surface area contributed by atoms with Gasteiger partial charge >= 0.3 is 0 Å². The van der Waals surface area contributed by atoms with Gasteiger partial charge in [-0.25, -0.2) is 0 Å². The Hall–Kier alpha value is -0.670. The number of hydrogen-bond donors (Lipinski definition) is 1. The minimum Gasteiger partial charge on any atom is -0.390 e. The number of rotatable bonds is 4. The summed E-state index contributed by atoms with van der Waals surface area (Å²) in [6.07, 6.45) is 11.1. The first-order chi connectivity index (χ1) is 15.2. The Bertz CT molecular complexity index is 870. The molecular formula is C30H48O3. The number of fused-ring (bicyclic) bond motifs is 5. The molecule has 1 heterocycles. The van der Waals surface area contributed by atoms with E-state index in [9.17, 15) is 9.90 Å². The van der Waals surface area contributed by atoms with Crippen LogP contribution in [-0.2, 0) is 9.53 Å². The highest BCUT2D eigenvalue weighted by molar-refractivity contribution is 5.85. The smallest absolute Gasteiger partial charge is 0.138 e. The van der Waals surface area contributed by atoms with Crippen molar-refractivity contribution in [3.63, 3.8) is 0 Å². The molecule has 0 radical (unpaired) electrons. The fourth-order valence-electron chi connectivity index (χ4n) is 9.97. The molecule has 5 rings (SSSR count). The molecule has 3 nitrogen and oxygen atoms in total.